The summed E-state index contributed by atoms with van der Waals surface area (Å²) >= 11 is 3.39. The van der Waals surface area contributed by atoms with E-state index in [-0.39, 0.29) is 10.5 Å². The Hall–Kier alpha value is -2.07. The number of carbonyl (C=O) groups is 1. The second-order valence-electron chi connectivity index (χ2n) is 5.76. The van der Waals surface area contributed by atoms with Crippen molar-refractivity contribution in [1.82, 2.24) is 9.73 Å². The summed E-state index contributed by atoms with van der Waals surface area (Å²) in [4.78, 5) is 12.4. The molecule has 9 heteroatoms. The molecule has 0 atom stereocenters. The molecule has 1 fully saturated rings. The summed E-state index contributed by atoms with van der Waals surface area (Å²) in [6, 6.07) is 13.4. The van der Waals surface area contributed by atoms with Crippen LogP contribution in [0.5, 0.6) is 0 Å². The number of benzene rings is 2. The average Bonchev–Trinajstić information content (AvgIpc) is 2.70. The van der Waals surface area contributed by atoms with Gasteiger partial charge in [-0.1, -0.05) is 40.2 Å². The van der Waals surface area contributed by atoms with Gasteiger partial charge in [0.15, 0.2) is 0 Å². The third-order valence-electron chi connectivity index (χ3n) is 3.98. The van der Waals surface area contributed by atoms with Crippen LogP contribution in [-0.2, 0) is 14.8 Å². The number of sulfonamides is 1. The zero-order valence-corrected chi connectivity index (χ0v) is 16.7. The Balaban J connectivity index is 1.73. The van der Waals surface area contributed by atoms with E-state index in [2.05, 4.69) is 26.5 Å². The van der Waals surface area contributed by atoms with Gasteiger partial charge in [0, 0.05) is 28.7 Å². The van der Waals surface area contributed by atoms with Crippen LogP contribution in [0.25, 0.3) is 0 Å². The highest BCUT2D eigenvalue weighted by atomic mass is 79.9. The van der Waals surface area contributed by atoms with Crippen molar-refractivity contribution in [2.75, 3.05) is 26.3 Å². The molecule has 2 aromatic rings. The van der Waals surface area contributed by atoms with Crippen molar-refractivity contribution in [2.24, 2.45) is 5.10 Å². The number of amides is 1. The molecule has 1 N–H and O–H groups in total. The normalized spacial score (nSPS) is 15.7. The molecule has 2 aromatic carbocycles. The monoisotopic (exact) mass is 451 g/mol. The first-order valence-corrected chi connectivity index (χ1v) is 10.5. The van der Waals surface area contributed by atoms with Crippen LogP contribution in [0, 0.1) is 0 Å². The predicted molar refractivity (Wildman–Crippen MR) is 105 cm³/mol. The maximum absolute atomic E-state index is 12.7. The van der Waals surface area contributed by atoms with Crippen LogP contribution in [0.1, 0.15) is 15.9 Å². The Morgan fingerprint density at radius 1 is 1.15 bits per heavy atom. The Morgan fingerprint density at radius 3 is 2.63 bits per heavy atom. The second-order valence-corrected chi connectivity index (χ2v) is 8.56. The van der Waals surface area contributed by atoms with Gasteiger partial charge in [-0.2, -0.15) is 9.41 Å². The maximum Gasteiger partial charge on any atom is 0.271 e. The number of nitrogens with one attached hydrogen (secondary N) is 1. The van der Waals surface area contributed by atoms with E-state index < -0.39 is 15.9 Å². The molecule has 0 saturated carbocycles. The number of nitrogens with zero attached hydrogens (tertiary/aromatic N) is 2. The Morgan fingerprint density at radius 2 is 1.89 bits per heavy atom. The fourth-order valence-electron chi connectivity index (χ4n) is 2.54. The zero-order chi connectivity index (χ0) is 19.3. The first-order valence-electron chi connectivity index (χ1n) is 8.24. The van der Waals surface area contributed by atoms with Gasteiger partial charge in [-0.15, -0.1) is 0 Å². The molecule has 0 aliphatic carbocycles. The lowest BCUT2D eigenvalue weighted by Crippen LogP contribution is -2.40. The van der Waals surface area contributed by atoms with E-state index >= 15 is 0 Å². The number of hydrogen-bond acceptors (Lipinski definition) is 5. The largest absolute Gasteiger partial charge is 0.379 e. The van der Waals surface area contributed by atoms with Gasteiger partial charge in [0.2, 0.25) is 10.0 Å². The fraction of sp³-hybridized carbons (Fsp3) is 0.222. The van der Waals surface area contributed by atoms with Crippen LogP contribution in [0.3, 0.4) is 0 Å². The smallest absolute Gasteiger partial charge is 0.271 e. The van der Waals surface area contributed by atoms with Gasteiger partial charge >= 0.3 is 0 Å². The minimum atomic E-state index is -3.66. The summed E-state index contributed by atoms with van der Waals surface area (Å²) in [5.74, 6) is -0.489. The molecule has 3 rings (SSSR count). The van der Waals surface area contributed by atoms with Gasteiger partial charge in [0.1, 0.15) is 0 Å². The lowest BCUT2D eigenvalue weighted by Gasteiger charge is -2.26. The van der Waals surface area contributed by atoms with E-state index in [1.54, 1.807) is 12.1 Å². The quantitative estimate of drug-likeness (QED) is 0.557. The molecule has 0 aromatic heterocycles. The number of rotatable bonds is 5. The van der Waals surface area contributed by atoms with Gasteiger partial charge in [0.25, 0.3) is 5.91 Å². The highest BCUT2D eigenvalue weighted by Gasteiger charge is 2.26. The van der Waals surface area contributed by atoms with E-state index in [4.69, 9.17) is 4.74 Å². The van der Waals surface area contributed by atoms with Crippen LogP contribution in [0.2, 0.25) is 0 Å². The van der Waals surface area contributed by atoms with Crippen molar-refractivity contribution >= 4 is 38.1 Å². The highest BCUT2D eigenvalue weighted by Crippen LogP contribution is 2.18. The van der Waals surface area contributed by atoms with Crippen LogP contribution in [0.15, 0.2) is 63.0 Å². The van der Waals surface area contributed by atoms with Crippen molar-refractivity contribution in [2.45, 2.75) is 4.90 Å². The number of halogens is 1. The molecule has 27 heavy (non-hydrogen) atoms. The van der Waals surface area contributed by atoms with Crippen LogP contribution < -0.4 is 5.43 Å². The van der Waals surface area contributed by atoms with Crippen LogP contribution in [0.4, 0.5) is 0 Å². The first kappa shape index (κ1) is 19.7. The molecule has 1 aliphatic heterocycles. The lowest BCUT2D eigenvalue weighted by molar-refractivity contribution is 0.0730. The van der Waals surface area contributed by atoms with Crippen molar-refractivity contribution in [3.05, 3.63) is 64.1 Å². The molecule has 0 radical (unpaired) electrons. The van der Waals surface area contributed by atoms with E-state index in [0.29, 0.717) is 26.3 Å². The van der Waals surface area contributed by atoms with Crippen molar-refractivity contribution < 1.29 is 17.9 Å². The SMILES string of the molecule is O=C(NN=Cc1ccccc1Br)c1cccc(S(=O)(=O)N2CCOCC2)c1. The molecular weight excluding hydrogens is 434 g/mol. The van der Waals surface area contributed by atoms with E-state index in [1.165, 1.54) is 22.7 Å². The molecule has 7 nitrogen and oxygen atoms in total. The van der Waals surface area contributed by atoms with Gasteiger partial charge in [0.05, 0.1) is 24.3 Å². The van der Waals surface area contributed by atoms with E-state index in [9.17, 15) is 13.2 Å². The van der Waals surface area contributed by atoms with E-state index in [0.717, 1.165) is 10.0 Å². The third kappa shape index (κ3) is 4.81. The first-order chi connectivity index (χ1) is 13.0. The number of carbonyl (C=O) groups excluding carboxylic acids is 1. The second kappa shape index (κ2) is 8.75. The lowest BCUT2D eigenvalue weighted by atomic mass is 10.2. The maximum atomic E-state index is 12.7. The topological polar surface area (TPSA) is 88.1 Å². The van der Waals surface area contributed by atoms with Crippen molar-refractivity contribution in [1.29, 1.82) is 0 Å². The molecule has 0 spiro atoms. The molecule has 0 unspecified atom stereocenters. The Kier molecular flexibility index (Phi) is 6.38. The predicted octanol–water partition coefficient (Wildman–Crippen LogP) is 2.23. The average molecular weight is 452 g/mol. The standard InChI is InChI=1S/C18H18BrN3O4S/c19-17-7-2-1-4-15(17)13-20-21-18(23)14-5-3-6-16(12-14)27(24,25)22-8-10-26-11-9-22/h1-7,12-13H,8-11H2,(H,21,23). The Bertz CT molecular complexity index is 957. The summed E-state index contributed by atoms with van der Waals surface area (Å²) in [5.41, 5.74) is 3.44. The fourth-order valence-corrected chi connectivity index (χ4v) is 4.38. The number of hydrazone groups is 1. The van der Waals surface area contributed by atoms with E-state index in [1.807, 2.05) is 24.3 Å². The molecule has 0 bridgehead atoms. The summed E-state index contributed by atoms with van der Waals surface area (Å²) < 4.78 is 32.8. The van der Waals surface area contributed by atoms with Crippen LogP contribution >= 0.6 is 15.9 Å². The molecule has 142 valence electrons. The highest BCUT2D eigenvalue weighted by molar-refractivity contribution is 9.10. The molecule has 1 saturated heterocycles. The number of morpholine rings is 1. The summed E-state index contributed by atoms with van der Waals surface area (Å²) in [6.45, 7) is 1.33. The summed E-state index contributed by atoms with van der Waals surface area (Å²) in [6.07, 6.45) is 1.51. The van der Waals surface area contributed by atoms with Crippen LogP contribution in [-0.4, -0.2) is 51.1 Å². The molecular formula is C18H18BrN3O4S. The van der Waals surface area contributed by atoms with Crippen molar-refractivity contribution in [3.8, 4) is 0 Å². The minimum absolute atomic E-state index is 0.0758. The minimum Gasteiger partial charge on any atom is -0.379 e. The zero-order valence-electron chi connectivity index (χ0n) is 14.3. The molecule has 1 amide bonds. The van der Waals surface area contributed by atoms with Gasteiger partial charge < -0.3 is 4.74 Å². The number of hydrogen-bond donors (Lipinski definition) is 1. The van der Waals surface area contributed by atoms with Crippen molar-refractivity contribution in [3.63, 3.8) is 0 Å². The molecule has 1 heterocycles. The number of ether oxygens (including phenoxy) is 1. The van der Waals surface area contributed by atoms with Gasteiger partial charge in [-0.3, -0.25) is 4.79 Å². The Labute approximate surface area is 166 Å². The van der Waals surface area contributed by atoms with Gasteiger partial charge in [-0.05, 0) is 24.3 Å². The van der Waals surface area contributed by atoms with Gasteiger partial charge in [-0.25, -0.2) is 13.8 Å². The summed E-state index contributed by atoms with van der Waals surface area (Å²) in [7, 11) is -3.66. The summed E-state index contributed by atoms with van der Waals surface area (Å²) in [5, 5.41) is 3.93. The molecule has 1 aliphatic rings. The third-order valence-corrected chi connectivity index (χ3v) is 6.60.